The number of methoxy groups -OCH3 is 2. The normalized spacial score (nSPS) is 21.2. The van der Waals surface area contributed by atoms with E-state index in [1.54, 1.807) is 26.4 Å². The van der Waals surface area contributed by atoms with Gasteiger partial charge in [-0.3, -0.25) is 9.59 Å². The summed E-state index contributed by atoms with van der Waals surface area (Å²) in [5, 5.41) is 0. The second kappa shape index (κ2) is 14.9. The number of benzene rings is 4. The molecule has 6 aliphatic rings. The number of hydrogen-bond donors (Lipinski definition) is 1. The maximum atomic E-state index is 14.2. The van der Waals surface area contributed by atoms with Gasteiger partial charge < -0.3 is 34.2 Å². The zero-order valence-electron chi connectivity index (χ0n) is 32.9. The highest BCUT2D eigenvalue weighted by Gasteiger charge is 2.47. The molecule has 59 heavy (non-hydrogen) atoms. The molecule has 0 saturated heterocycles. The summed E-state index contributed by atoms with van der Waals surface area (Å²) < 4.78 is 35.1. The standard InChI is InChI=1S/C50H43NO8/c1-54-43-25-38-32(8-7-29-17-34(19-36(29)21-41(38)52)28-9-12-37(51)13-10-28)24-47(43)57-16-4-15-56-46-23-31-5-3-6-33-18-35(30-11-14-42-45(22-30)59-27-58-42)20-40-48(33)49(40)50(53)39(31)26-44(46)55-2/h3,6-14,19-26,29,33,49H,4-5,15-18,27,51H2,1-2H3/b6-3+,8-7?,36-21?/t29-,33-,49?/m1/s1. The summed E-state index contributed by atoms with van der Waals surface area (Å²) >= 11 is 0. The first-order valence-electron chi connectivity index (χ1n) is 20.1. The molecule has 0 aromatic heterocycles. The van der Waals surface area contributed by atoms with E-state index in [4.69, 9.17) is 34.2 Å². The van der Waals surface area contributed by atoms with E-state index < -0.39 is 0 Å². The molecule has 1 unspecified atom stereocenters. The maximum Gasteiger partial charge on any atom is 0.231 e. The molecule has 9 heteroatoms. The van der Waals surface area contributed by atoms with Crippen LogP contribution >= 0.6 is 0 Å². The fraction of sp³-hybridized carbons (Fsp3) is 0.240. The van der Waals surface area contributed by atoms with Gasteiger partial charge in [-0.1, -0.05) is 54.7 Å². The van der Waals surface area contributed by atoms with Gasteiger partial charge in [0.1, 0.15) is 0 Å². The summed E-state index contributed by atoms with van der Waals surface area (Å²) in [4.78, 5) is 27.7. The molecule has 4 aromatic rings. The second-order valence-electron chi connectivity index (χ2n) is 15.7. The van der Waals surface area contributed by atoms with Gasteiger partial charge in [0.15, 0.2) is 46.1 Å². The third kappa shape index (κ3) is 6.80. The lowest BCUT2D eigenvalue weighted by molar-refractivity contribution is 0.0969. The van der Waals surface area contributed by atoms with Crippen molar-refractivity contribution in [2.24, 2.45) is 17.8 Å². The number of allylic oxidation sites excluding steroid dienone is 11. The lowest BCUT2D eigenvalue weighted by atomic mass is 9.89. The Morgan fingerprint density at radius 1 is 0.712 bits per heavy atom. The molecule has 4 aromatic carbocycles. The van der Waals surface area contributed by atoms with Crippen molar-refractivity contribution in [2.45, 2.75) is 25.7 Å². The predicted molar refractivity (Wildman–Crippen MR) is 226 cm³/mol. The zero-order valence-corrected chi connectivity index (χ0v) is 32.9. The van der Waals surface area contributed by atoms with Gasteiger partial charge in [-0.25, -0.2) is 0 Å². The Balaban J connectivity index is 0.796. The van der Waals surface area contributed by atoms with Gasteiger partial charge in [0.25, 0.3) is 0 Å². The molecule has 1 aliphatic heterocycles. The highest BCUT2D eigenvalue weighted by atomic mass is 16.7. The minimum absolute atomic E-state index is 0.0727. The third-order valence-corrected chi connectivity index (χ3v) is 12.1. The van der Waals surface area contributed by atoms with Crippen LogP contribution in [0, 0.1) is 17.8 Å². The molecule has 0 spiro atoms. The van der Waals surface area contributed by atoms with E-state index in [1.165, 1.54) is 16.7 Å². The first-order valence-corrected chi connectivity index (χ1v) is 20.1. The van der Waals surface area contributed by atoms with Crippen molar-refractivity contribution in [3.63, 3.8) is 0 Å². The summed E-state index contributed by atoms with van der Waals surface area (Å²) in [6.07, 6.45) is 17.4. The van der Waals surface area contributed by atoms with Crippen LogP contribution in [0.3, 0.4) is 0 Å². The Morgan fingerprint density at radius 3 is 2.22 bits per heavy atom. The minimum atomic E-state index is -0.230. The first kappa shape index (κ1) is 36.6. The van der Waals surface area contributed by atoms with Crippen LogP contribution in [0.15, 0.2) is 120 Å². The average Bonchev–Trinajstić information content (AvgIpc) is 3.54. The van der Waals surface area contributed by atoms with E-state index in [0.717, 1.165) is 63.4 Å². The van der Waals surface area contributed by atoms with Crippen LogP contribution in [0.25, 0.3) is 17.2 Å². The third-order valence-electron chi connectivity index (χ3n) is 12.1. The van der Waals surface area contributed by atoms with Crippen LogP contribution in [0.2, 0.25) is 0 Å². The van der Waals surface area contributed by atoms with E-state index in [1.807, 2.05) is 60.7 Å². The number of anilines is 1. The number of carbonyl (C=O) groups is 2. The minimum Gasteiger partial charge on any atom is -0.493 e. The maximum absolute atomic E-state index is 14.2. The molecule has 0 bridgehead atoms. The molecule has 2 N–H and O–H groups in total. The molecule has 1 heterocycles. The Kier molecular flexibility index (Phi) is 9.23. The van der Waals surface area contributed by atoms with Crippen LogP contribution in [0.4, 0.5) is 5.69 Å². The Hall–Kier alpha value is -6.74. The number of hydrogen-bond acceptors (Lipinski definition) is 9. The van der Waals surface area contributed by atoms with Gasteiger partial charge in [-0.2, -0.15) is 0 Å². The number of ether oxygens (including phenoxy) is 6. The van der Waals surface area contributed by atoms with Gasteiger partial charge in [-0.05, 0) is 124 Å². The quantitative estimate of drug-likeness (QED) is 0.0954. The summed E-state index contributed by atoms with van der Waals surface area (Å²) in [6.45, 7) is 0.947. The summed E-state index contributed by atoms with van der Waals surface area (Å²) in [6, 6.07) is 21.3. The number of rotatable bonds is 10. The molecule has 0 amide bonds. The topological polar surface area (TPSA) is 116 Å². The largest absolute Gasteiger partial charge is 0.493 e. The lowest BCUT2D eigenvalue weighted by Gasteiger charge is -2.17. The molecule has 0 radical (unpaired) electrons. The number of nitrogen functional groups attached to an aromatic ring is 1. The fourth-order valence-corrected chi connectivity index (χ4v) is 9.00. The predicted octanol–water partition coefficient (Wildman–Crippen LogP) is 9.43. The van der Waals surface area contributed by atoms with Crippen molar-refractivity contribution in [3.05, 3.63) is 153 Å². The molecule has 0 saturated carbocycles. The molecule has 296 valence electrons. The van der Waals surface area contributed by atoms with Gasteiger partial charge in [-0.15, -0.1) is 0 Å². The number of Topliss-reactive ketones (excluding diaryl/α,β-unsaturated/α-hetero) is 1. The van der Waals surface area contributed by atoms with Crippen molar-refractivity contribution in [1.29, 1.82) is 0 Å². The first-order chi connectivity index (χ1) is 28.8. The number of nitrogens with two attached hydrogens (primary N) is 1. The van der Waals surface area contributed by atoms with Crippen LogP contribution in [-0.4, -0.2) is 45.8 Å². The molecule has 3 atom stereocenters. The van der Waals surface area contributed by atoms with Gasteiger partial charge in [0.2, 0.25) is 6.79 Å². The molecule has 0 fully saturated rings. The molecular weight excluding hydrogens is 743 g/mol. The Bertz CT molecular complexity index is 2620. The van der Waals surface area contributed by atoms with Crippen LogP contribution in [-0.2, 0) is 6.42 Å². The molecule has 10 rings (SSSR count). The van der Waals surface area contributed by atoms with Gasteiger partial charge >= 0.3 is 0 Å². The van der Waals surface area contributed by atoms with Crippen LogP contribution < -0.4 is 34.2 Å². The Morgan fingerprint density at radius 2 is 1.42 bits per heavy atom. The van der Waals surface area contributed by atoms with Crippen molar-refractivity contribution in [2.75, 3.05) is 40.0 Å². The average molecular weight is 786 g/mol. The molecule has 9 nitrogen and oxygen atoms in total. The fourth-order valence-electron chi connectivity index (χ4n) is 9.00. The summed E-state index contributed by atoms with van der Waals surface area (Å²) in [5.74, 6) is 3.71. The van der Waals surface area contributed by atoms with Crippen LogP contribution in [0.1, 0.15) is 62.2 Å². The van der Waals surface area contributed by atoms with Crippen molar-refractivity contribution in [1.82, 2.24) is 0 Å². The second-order valence-corrected chi connectivity index (χ2v) is 15.7. The SMILES string of the molecule is COc1cc2c(cc1OCCCOc1cc3c(cc1OC)C(=O)C1C4=C1[C@H](/C=C/C3)CC(c1ccc3c(c1)OCO3)=C4)C=C[C@@H]1CC(c3ccc(N)cc3)=CC1=CC2=O. The Labute approximate surface area is 342 Å². The number of ketones is 2. The van der Waals surface area contributed by atoms with Gasteiger partial charge in [0.05, 0.1) is 33.4 Å². The summed E-state index contributed by atoms with van der Waals surface area (Å²) in [5.41, 5.74) is 17.4. The van der Waals surface area contributed by atoms with E-state index in [9.17, 15) is 9.59 Å². The van der Waals surface area contributed by atoms with E-state index >= 15 is 0 Å². The summed E-state index contributed by atoms with van der Waals surface area (Å²) in [7, 11) is 3.17. The lowest BCUT2D eigenvalue weighted by Crippen LogP contribution is -2.11. The number of fused-ring (bicyclic) bond motifs is 5. The van der Waals surface area contributed by atoms with Crippen molar-refractivity contribution < 1.29 is 38.0 Å². The van der Waals surface area contributed by atoms with Crippen LogP contribution in [0.5, 0.6) is 34.5 Å². The van der Waals surface area contributed by atoms with E-state index in [2.05, 4.69) is 36.4 Å². The van der Waals surface area contributed by atoms with Crippen molar-refractivity contribution >= 4 is 34.5 Å². The highest BCUT2D eigenvalue weighted by Crippen LogP contribution is 2.55. The van der Waals surface area contributed by atoms with Crippen molar-refractivity contribution in [3.8, 4) is 34.5 Å². The monoisotopic (exact) mass is 785 g/mol. The van der Waals surface area contributed by atoms with Gasteiger partial charge in [0, 0.05) is 35.1 Å². The highest BCUT2D eigenvalue weighted by molar-refractivity contribution is 6.09. The molecular formula is C50H43NO8. The number of carbonyl (C=O) groups excluding carboxylic acids is 2. The van der Waals surface area contributed by atoms with E-state index in [0.29, 0.717) is 60.2 Å². The van der Waals surface area contributed by atoms with E-state index in [-0.39, 0.29) is 36.1 Å². The zero-order chi connectivity index (χ0) is 40.2. The molecule has 5 aliphatic carbocycles. The smallest absolute Gasteiger partial charge is 0.231 e.